The van der Waals surface area contributed by atoms with Crippen LogP contribution in [-0.4, -0.2) is 49.9 Å². The number of piperidine rings is 1. The van der Waals surface area contributed by atoms with Crippen LogP contribution in [0.3, 0.4) is 0 Å². The van der Waals surface area contributed by atoms with Crippen molar-refractivity contribution in [1.29, 1.82) is 0 Å². The molecule has 0 radical (unpaired) electrons. The topological polar surface area (TPSA) is 70.8 Å². The summed E-state index contributed by atoms with van der Waals surface area (Å²) in [4.78, 5) is 14.0. The number of carbonyl (C=O) groups excluding carboxylic acids is 1. The van der Waals surface area contributed by atoms with Gasteiger partial charge in [0.25, 0.3) is 0 Å². The monoisotopic (exact) mass is 314 g/mol. The Hall–Kier alpha value is -1.34. The molecule has 7 heteroatoms. The average Bonchev–Trinajstić information content (AvgIpc) is 2.82. The van der Waals surface area contributed by atoms with Crippen LogP contribution in [0.2, 0.25) is 0 Å². The minimum absolute atomic E-state index is 0.0530. The van der Waals surface area contributed by atoms with Crippen LogP contribution in [0, 0.1) is 12.8 Å². The lowest BCUT2D eigenvalue weighted by Crippen LogP contribution is -2.42. The number of rotatable bonds is 4. The van der Waals surface area contributed by atoms with Crippen LogP contribution >= 0.6 is 0 Å². The molecular formula is C14H22N2O4S. The highest BCUT2D eigenvalue weighted by Crippen LogP contribution is 2.21. The van der Waals surface area contributed by atoms with E-state index in [0.717, 1.165) is 11.5 Å². The van der Waals surface area contributed by atoms with Gasteiger partial charge in [-0.1, -0.05) is 0 Å². The molecule has 6 nitrogen and oxygen atoms in total. The first-order chi connectivity index (χ1) is 9.77. The van der Waals surface area contributed by atoms with Gasteiger partial charge in [0, 0.05) is 26.1 Å². The summed E-state index contributed by atoms with van der Waals surface area (Å²) >= 11 is 0. The Bertz CT molecular complexity index is 600. The number of sulfonamides is 1. The van der Waals surface area contributed by atoms with E-state index in [4.69, 9.17) is 4.42 Å². The Kier molecular flexibility index (Phi) is 4.73. The second-order valence-electron chi connectivity index (χ2n) is 5.64. The molecule has 0 spiro atoms. The van der Waals surface area contributed by atoms with Crippen molar-refractivity contribution in [2.45, 2.75) is 26.3 Å². The van der Waals surface area contributed by atoms with Crippen LogP contribution in [0.15, 0.2) is 16.5 Å². The number of carbonyl (C=O) groups is 1. The lowest BCUT2D eigenvalue weighted by atomic mass is 9.96. The largest absolute Gasteiger partial charge is 0.464 e. The van der Waals surface area contributed by atoms with Crippen LogP contribution in [0.4, 0.5) is 0 Å². The molecule has 1 amide bonds. The molecule has 0 saturated carbocycles. The fourth-order valence-electron chi connectivity index (χ4n) is 2.63. The van der Waals surface area contributed by atoms with Crippen LogP contribution < -0.4 is 0 Å². The van der Waals surface area contributed by atoms with Gasteiger partial charge in [0.05, 0.1) is 12.8 Å². The Balaban J connectivity index is 1.89. The zero-order chi connectivity index (χ0) is 15.6. The van der Waals surface area contributed by atoms with E-state index >= 15 is 0 Å². The van der Waals surface area contributed by atoms with Gasteiger partial charge in [-0.25, -0.2) is 12.7 Å². The van der Waals surface area contributed by atoms with Crippen molar-refractivity contribution in [3.63, 3.8) is 0 Å². The van der Waals surface area contributed by atoms with Crippen molar-refractivity contribution in [2.75, 3.05) is 26.4 Å². The molecule has 0 atom stereocenters. The van der Waals surface area contributed by atoms with Gasteiger partial charge in [-0.15, -0.1) is 0 Å². The van der Waals surface area contributed by atoms with Crippen LogP contribution in [0.1, 0.15) is 24.4 Å². The van der Waals surface area contributed by atoms with E-state index in [1.54, 1.807) is 11.9 Å². The second-order valence-corrected chi connectivity index (χ2v) is 7.63. The van der Waals surface area contributed by atoms with Gasteiger partial charge < -0.3 is 9.32 Å². The maximum Gasteiger partial charge on any atom is 0.225 e. The van der Waals surface area contributed by atoms with Crippen LogP contribution in [0.25, 0.3) is 0 Å². The number of hydrogen-bond donors (Lipinski definition) is 0. The van der Waals surface area contributed by atoms with Gasteiger partial charge in [0.1, 0.15) is 11.5 Å². The third kappa shape index (κ3) is 4.07. The van der Waals surface area contributed by atoms with Crippen molar-refractivity contribution in [1.82, 2.24) is 9.21 Å². The van der Waals surface area contributed by atoms with Crippen LogP contribution in [0.5, 0.6) is 0 Å². The number of hydrogen-bond acceptors (Lipinski definition) is 4. The normalized spacial score (nSPS) is 17.9. The Labute approximate surface area is 125 Å². The highest BCUT2D eigenvalue weighted by atomic mass is 32.2. The van der Waals surface area contributed by atoms with E-state index in [1.807, 2.05) is 19.1 Å². The number of aryl methyl sites for hydroxylation is 1. The van der Waals surface area contributed by atoms with Crippen molar-refractivity contribution in [2.24, 2.45) is 5.92 Å². The highest BCUT2D eigenvalue weighted by Gasteiger charge is 2.30. The third-order valence-electron chi connectivity index (χ3n) is 3.84. The molecule has 1 aromatic rings. The van der Waals surface area contributed by atoms with Crippen molar-refractivity contribution < 1.29 is 17.6 Å². The van der Waals surface area contributed by atoms with E-state index < -0.39 is 10.0 Å². The van der Waals surface area contributed by atoms with E-state index in [9.17, 15) is 13.2 Å². The van der Waals surface area contributed by atoms with Gasteiger partial charge in [-0.05, 0) is 31.9 Å². The molecule has 0 unspecified atom stereocenters. The summed E-state index contributed by atoms with van der Waals surface area (Å²) in [5.41, 5.74) is 0. The summed E-state index contributed by atoms with van der Waals surface area (Å²) in [6.45, 7) is 3.15. The standard InChI is InChI=1S/C14H22N2O4S/c1-11-4-5-13(20-11)10-15(2)14(17)12-6-8-16(9-7-12)21(3,18)19/h4-5,12H,6-10H2,1-3H3. The first kappa shape index (κ1) is 16.0. The summed E-state index contributed by atoms with van der Waals surface area (Å²) in [7, 11) is -1.39. The average molecular weight is 314 g/mol. The lowest BCUT2D eigenvalue weighted by Gasteiger charge is -2.31. The van der Waals surface area contributed by atoms with Gasteiger partial charge >= 0.3 is 0 Å². The molecule has 1 fully saturated rings. The molecule has 1 aliphatic heterocycles. The van der Waals surface area contributed by atoms with Gasteiger partial charge in [0.2, 0.25) is 15.9 Å². The number of furan rings is 1. The minimum Gasteiger partial charge on any atom is -0.464 e. The van der Waals surface area contributed by atoms with E-state index in [0.29, 0.717) is 32.5 Å². The molecule has 21 heavy (non-hydrogen) atoms. The SMILES string of the molecule is Cc1ccc(CN(C)C(=O)C2CCN(S(C)(=O)=O)CC2)o1. The number of nitrogens with zero attached hydrogens (tertiary/aromatic N) is 2. The van der Waals surface area contributed by atoms with Gasteiger partial charge in [-0.3, -0.25) is 4.79 Å². The van der Waals surface area contributed by atoms with Gasteiger partial charge in [0.15, 0.2) is 0 Å². The fourth-order valence-corrected chi connectivity index (χ4v) is 3.50. The predicted molar refractivity (Wildman–Crippen MR) is 79.1 cm³/mol. The second kappa shape index (κ2) is 6.19. The Morgan fingerprint density at radius 1 is 1.38 bits per heavy atom. The zero-order valence-electron chi connectivity index (χ0n) is 12.7. The third-order valence-corrected chi connectivity index (χ3v) is 5.14. The number of amides is 1. The van der Waals surface area contributed by atoms with E-state index in [2.05, 4.69) is 0 Å². The molecule has 1 aliphatic rings. The molecular weight excluding hydrogens is 292 g/mol. The molecule has 2 heterocycles. The molecule has 0 aliphatic carbocycles. The smallest absolute Gasteiger partial charge is 0.225 e. The highest BCUT2D eigenvalue weighted by molar-refractivity contribution is 7.88. The van der Waals surface area contributed by atoms with Crippen molar-refractivity contribution in [3.05, 3.63) is 23.7 Å². The summed E-state index contributed by atoms with van der Waals surface area (Å²) in [6.07, 6.45) is 2.36. The zero-order valence-corrected chi connectivity index (χ0v) is 13.5. The molecule has 1 saturated heterocycles. The van der Waals surface area contributed by atoms with Crippen molar-refractivity contribution in [3.8, 4) is 0 Å². The Morgan fingerprint density at radius 3 is 2.48 bits per heavy atom. The molecule has 118 valence electrons. The van der Waals surface area contributed by atoms with Gasteiger partial charge in [-0.2, -0.15) is 0 Å². The first-order valence-corrected chi connectivity index (χ1v) is 8.87. The quantitative estimate of drug-likeness (QED) is 0.838. The maximum absolute atomic E-state index is 12.4. The van der Waals surface area contributed by atoms with Crippen molar-refractivity contribution >= 4 is 15.9 Å². The maximum atomic E-state index is 12.4. The molecule has 2 rings (SSSR count). The lowest BCUT2D eigenvalue weighted by molar-refractivity contribution is -0.136. The minimum atomic E-state index is -3.15. The van der Waals surface area contributed by atoms with E-state index in [-0.39, 0.29) is 11.8 Å². The summed E-state index contributed by atoms with van der Waals surface area (Å²) in [5.74, 6) is 1.53. The summed E-state index contributed by atoms with van der Waals surface area (Å²) in [5, 5.41) is 0. The molecule has 0 N–H and O–H groups in total. The Morgan fingerprint density at radius 2 is 2.00 bits per heavy atom. The predicted octanol–water partition coefficient (Wildman–Crippen LogP) is 1.22. The van der Waals surface area contributed by atoms with E-state index in [1.165, 1.54) is 10.6 Å². The molecule has 0 aromatic carbocycles. The summed E-state index contributed by atoms with van der Waals surface area (Å²) in [6, 6.07) is 3.74. The van der Waals surface area contributed by atoms with Crippen LogP contribution in [-0.2, 0) is 21.4 Å². The summed E-state index contributed by atoms with van der Waals surface area (Å²) < 4.78 is 29.8. The first-order valence-electron chi connectivity index (χ1n) is 7.03. The molecule has 1 aromatic heterocycles. The fraction of sp³-hybridized carbons (Fsp3) is 0.643. The molecule has 0 bridgehead atoms.